The Kier molecular flexibility index (Phi) is 4.85. The predicted molar refractivity (Wildman–Crippen MR) is 115 cm³/mol. The van der Waals surface area contributed by atoms with E-state index in [-0.39, 0.29) is 17.5 Å². The number of nitrogens with one attached hydrogen (secondary N) is 1. The number of aryl methyl sites for hydroxylation is 1. The summed E-state index contributed by atoms with van der Waals surface area (Å²) in [7, 11) is 2.17. The first-order valence-corrected chi connectivity index (χ1v) is 10.3. The van der Waals surface area contributed by atoms with E-state index in [1.165, 1.54) is 28.6 Å². The highest BCUT2D eigenvalue weighted by atomic mass is 16.2. The Morgan fingerprint density at radius 1 is 1.00 bits per heavy atom. The van der Waals surface area contributed by atoms with E-state index in [4.69, 9.17) is 0 Å². The summed E-state index contributed by atoms with van der Waals surface area (Å²) in [6.07, 6.45) is 3.33. The molecule has 3 amide bonds. The topological polar surface area (TPSA) is 52.7 Å². The molecule has 152 valence electrons. The number of urea groups is 1. The van der Waals surface area contributed by atoms with Gasteiger partial charge >= 0.3 is 6.03 Å². The molecular weight excluding hydrogens is 362 g/mol. The van der Waals surface area contributed by atoms with Gasteiger partial charge in [-0.3, -0.25) is 9.69 Å². The smallest absolute Gasteiger partial charge is 0.324 e. The number of benzene rings is 2. The van der Waals surface area contributed by atoms with Gasteiger partial charge in [0.15, 0.2) is 0 Å². The molecule has 2 aliphatic rings. The molecule has 5 heteroatoms. The average molecular weight is 392 g/mol. The lowest BCUT2D eigenvalue weighted by Crippen LogP contribution is -2.57. The molecule has 0 bridgehead atoms. The van der Waals surface area contributed by atoms with Gasteiger partial charge in [-0.15, -0.1) is 0 Å². The van der Waals surface area contributed by atoms with Gasteiger partial charge in [0, 0.05) is 26.2 Å². The molecule has 2 fully saturated rings. The van der Waals surface area contributed by atoms with Crippen LogP contribution in [0.3, 0.4) is 0 Å². The second-order valence-electron chi connectivity index (χ2n) is 8.48. The van der Waals surface area contributed by atoms with E-state index in [1.807, 2.05) is 6.07 Å². The van der Waals surface area contributed by atoms with Crippen LogP contribution in [0.25, 0.3) is 0 Å². The zero-order chi connectivity index (χ0) is 20.6. The van der Waals surface area contributed by atoms with Gasteiger partial charge in [-0.1, -0.05) is 48.5 Å². The van der Waals surface area contributed by atoms with Crippen molar-refractivity contribution in [2.45, 2.75) is 50.6 Å². The molecule has 0 unspecified atom stereocenters. The van der Waals surface area contributed by atoms with Gasteiger partial charge in [0.2, 0.25) is 5.91 Å². The lowest BCUT2D eigenvalue weighted by molar-refractivity contribution is -0.130. The highest BCUT2D eigenvalue weighted by Crippen LogP contribution is 2.49. The minimum atomic E-state index is -0.409. The van der Waals surface area contributed by atoms with E-state index < -0.39 is 5.54 Å². The zero-order valence-corrected chi connectivity index (χ0v) is 17.4. The van der Waals surface area contributed by atoms with Crippen molar-refractivity contribution in [1.29, 1.82) is 0 Å². The zero-order valence-electron chi connectivity index (χ0n) is 17.4. The monoisotopic (exact) mass is 391 g/mol. The highest BCUT2D eigenvalue weighted by molar-refractivity contribution is 5.96. The molecule has 0 aromatic heterocycles. The van der Waals surface area contributed by atoms with Crippen LogP contribution in [0, 0.1) is 6.92 Å². The molecule has 1 N–H and O–H groups in total. The standard InChI is InChI=1S/C24H29N3O2/c1-18-9-7-8-12-21(18)26(3)24(20-10-5-4-6-11-20)15-13-23(14-16-24)17-25-22(29)27(23)19(2)28/h4-12H,13-17H2,1-3H3,(H,25,29)/t23-,24-. The lowest BCUT2D eigenvalue weighted by atomic mass is 9.68. The van der Waals surface area contributed by atoms with Gasteiger partial charge in [0.05, 0.1) is 11.1 Å². The van der Waals surface area contributed by atoms with Crippen LogP contribution in [0.2, 0.25) is 0 Å². The summed E-state index contributed by atoms with van der Waals surface area (Å²) in [4.78, 5) is 28.4. The summed E-state index contributed by atoms with van der Waals surface area (Å²) in [6, 6.07) is 18.9. The summed E-state index contributed by atoms with van der Waals surface area (Å²) in [6.45, 7) is 4.18. The maximum atomic E-state index is 12.3. The highest BCUT2D eigenvalue weighted by Gasteiger charge is 2.54. The van der Waals surface area contributed by atoms with Crippen LogP contribution in [0.4, 0.5) is 10.5 Å². The summed E-state index contributed by atoms with van der Waals surface area (Å²) >= 11 is 0. The Morgan fingerprint density at radius 2 is 1.62 bits per heavy atom. The van der Waals surface area contributed by atoms with E-state index in [1.54, 1.807) is 0 Å². The molecule has 2 aromatic rings. The summed E-state index contributed by atoms with van der Waals surface area (Å²) in [5, 5.41) is 2.90. The number of carbonyl (C=O) groups is 2. The molecule has 2 aromatic carbocycles. The molecule has 1 aliphatic heterocycles. The number of hydrogen-bond acceptors (Lipinski definition) is 3. The molecule has 1 heterocycles. The molecule has 1 spiro atoms. The van der Waals surface area contributed by atoms with Crippen molar-refractivity contribution in [2.75, 3.05) is 18.5 Å². The van der Waals surface area contributed by atoms with E-state index in [9.17, 15) is 9.59 Å². The maximum absolute atomic E-state index is 12.3. The fourth-order valence-electron chi connectivity index (χ4n) is 5.36. The third-order valence-corrected chi connectivity index (χ3v) is 7.00. The largest absolute Gasteiger partial charge is 0.365 e. The van der Waals surface area contributed by atoms with Crippen molar-refractivity contribution in [2.24, 2.45) is 0 Å². The van der Waals surface area contributed by atoms with Crippen LogP contribution in [0.15, 0.2) is 54.6 Å². The Morgan fingerprint density at radius 3 is 2.24 bits per heavy atom. The third kappa shape index (κ3) is 3.09. The van der Waals surface area contributed by atoms with E-state index >= 15 is 0 Å². The first kappa shape index (κ1) is 19.5. The number of hydrogen-bond donors (Lipinski definition) is 1. The first-order chi connectivity index (χ1) is 13.9. The van der Waals surface area contributed by atoms with Crippen molar-refractivity contribution in [3.8, 4) is 0 Å². The van der Waals surface area contributed by atoms with Gasteiger partial charge < -0.3 is 10.2 Å². The summed E-state index contributed by atoms with van der Waals surface area (Å²) in [5.41, 5.74) is 3.16. The molecule has 1 saturated carbocycles. The van der Waals surface area contributed by atoms with Gasteiger partial charge in [-0.2, -0.15) is 0 Å². The lowest BCUT2D eigenvalue weighted by Gasteiger charge is -2.52. The fourth-order valence-corrected chi connectivity index (χ4v) is 5.36. The quantitative estimate of drug-likeness (QED) is 0.853. The third-order valence-electron chi connectivity index (χ3n) is 7.00. The van der Waals surface area contributed by atoms with E-state index in [2.05, 4.69) is 72.7 Å². The van der Waals surface area contributed by atoms with Crippen LogP contribution < -0.4 is 10.2 Å². The van der Waals surface area contributed by atoms with Crippen LogP contribution >= 0.6 is 0 Å². The van der Waals surface area contributed by atoms with Crippen LogP contribution in [0.1, 0.15) is 43.7 Å². The first-order valence-electron chi connectivity index (χ1n) is 10.3. The number of rotatable bonds is 3. The van der Waals surface area contributed by atoms with Crippen molar-refractivity contribution < 1.29 is 9.59 Å². The van der Waals surface area contributed by atoms with Gasteiger partial charge in [-0.25, -0.2) is 4.79 Å². The Bertz CT molecular complexity index is 917. The van der Waals surface area contributed by atoms with Crippen LogP contribution in [0.5, 0.6) is 0 Å². The number of nitrogens with zero attached hydrogens (tertiary/aromatic N) is 2. The maximum Gasteiger partial charge on any atom is 0.324 e. The summed E-state index contributed by atoms with van der Waals surface area (Å²) in [5.74, 6) is -0.167. The minimum Gasteiger partial charge on any atom is -0.365 e. The SMILES string of the molecule is CC(=O)N1C(=O)NC[C@]12CC[C@@](c1ccccc1)(N(C)c1ccccc1C)CC2. The van der Waals surface area contributed by atoms with Crippen molar-refractivity contribution >= 4 is 17.6 Å². The number of anilines is 1. The van der Waals surface area contributed by atoms with Gasteiger partial charge in [0.25, 0.3) is 0 Å². The molecule has 4 rings (SSSR count). The van der Waals surface area contributed by atoms with E-state index in [0.717, 1.165) is 25.7 Å². The molecule has 29 heavy (non-hydrogen) atoms. The number of carbonyl (C=O) groups excluding carboxylic acids is 2. The Balaban J connectivity index is 1.73. The molecule has 1 saturated heterocycles. The van der Waals surface area contributed by atoms with Crippen LogP contribution in [-0.2, 0) is 10.3 Å². The molecule has 0 atom stereocenters. The number of imide groups is 1. The minimum absolute atomic E-state index is 0.167. The molecular formula is C24H29N3O2. The van der Waals surface area contributed by atoms with Crippen molar-refractivity contribution in [3.05, 3.63) is 65.7 Å². The molecule has 1 aliphatic carbocycles. The second kappa shape index (κ2) is 7.21. The Labute approximate surface area is 172 Å². The summed E-state index contributed by atoms with van der Waals surface area (Å²) < 4.78 is 0. The Hall–Kier alpha value is -2.82. The van der Waals surface area contributed by atoms with Gasteiger partial charge in [0.1, 0.15) is 0 Å². The van der Waals surface area contributed by atoms with Crippen molar-refractivity contribution in [1.82, 2.24) is 10.2 Å². The van der Waals surface area contributed by atoms with Crippen LogP contribution in [-0.4, -0.2) is 36.0 Å². The van der Waals surface area contributed by atoms with E-state index in [0.29, 0.717) is 6.54 Å². The second-order valence-corrected chi connectivity index (χ2v) is 8.48. The fraction of sp³-hybridized carbons (Fsp3) is 0.417. The molecule has 5 nitrogen and oxygen atoms in total. The average Bonchev–Trinajstić information content (AvgIpc) is 3.05. The number of para-hydroxylation sites is 1. The predicted octanol–water partition coefficient (Wildman–Crippen LogP) is 4.21. The van der Waals surface area contributed by atoms with Gasteiger partial charge in [-0.05, 0) is 49.8 Å². The normalized spacial score (nSPS) is 26.4. The van der Waals surface area contributed by atoms with Crippen molar-refractivity contribution in [3.63, 3.8) is 0 Å². The molecule has 0 radical (unpaired) electrons. The number of amides is 3.